The first-order valence-electron chi connectivity index (χ1n) is 8.25. The Labute approximate surface area is 137 Å². The lowest BCUT2D eigenvalue weighted by atomic mass is 10.1. The van der Waals surface area contributed by atoms with Crippen molar-refractivity contribution in [3.05, 3.63) is 66.0 Å². The van der Waals surface area contributed by atoms with Crippen LogP contribution in [0.5, 0.6) is 0 Å². The number of nitrogens with zero attached hydrogens (tertiary/aromatic N) is 3. The van der Waals surface area contributed by atoms with Gasteiger partial charge in [0.25, 0.3) is 0 Å². The molecular weight excluding hydrogens is 286 g/mol. The van der Waals surface area contributed by atoms with Crippen LogP contribution >= 0.6 is 0 Å². The van der Waals surface area contributed by atoms with Gasteiger partial charge in [-0.3, -0.25) is 14.7 Å². The van der Waals surface area contributed by atoms with Crippen molar-refractivity contribution in [1.29, 1.82) is 0 Å². The van der Waals surface area contributed by atoms with Crippen LogP contribution in [-0.2, 0) is 17.6 Å². The number of carbonyl (C=O) groups excluding carboxylic acids is 1. The van der Waals surface area contributed by atoms with E-state index in [9.17, 15) is 4.79 Å². The number of pyridine rings is 1. The Morgan fingerprint density at radius 1 is 0.957 bits per heavy atom. The van der Waals surface area contributed by atoms with Gasteiger partial charge in [-0.15, -0.1) is 0 Å². The number of carbonyl (C=O) groups is 1. The fraction of sp³-hybridized carbons (Fsp3) is 0.368. The Morgan fingerprint density at radius 2 is 1.70 bits per heavy atom. The van der Waals surface area contributed by atoms with Crippen LogP contribution in [0.4, 0.5) is 0 Å². The van der Waals surface area contributed by atoms with Crippen LogP contribution < -0.4 is 0 Å². The number of hydrogen-bond acceptors (Lipinski definition) is 3. The van der Waals surface area contributed by atoms with Gasteiger partial charge in [-0.05, 0) is 17.7 Å². The highest BCUT2D eigenvalue weighted by molar-refractivity contribution is 5.78. The second-order valence-electron chi connectivity index (χ2n) is 5.96. The van der Waals surface area contributed by atoms with Gasteiger partial charge >= 0.3 is 0 Å². The largest absolute Gasteiger partial charge is 0.340 e. The van der Waals surface area contributed by atoms with E-state index in [1.54, 1.807) is 0 Å². The lowest BCUT2D eigenvalue weighted by Gasteiger charge is -2.34. The molecule has 1 aromatic carbocycles. The predicted molar refractivity (Wildman–Crippen MR) is 91.1 cm³/mol. The Kier molecular flexibility index (Phi) is 5.37. The molecule has 1 amide bonds. The normalized spacial score (nSPS) is 15.6. The standard InChI is InChI=1S/C19H23N3O/c23-19(16-17-6-2-1-3-7-17)22-14-12-21(13-15-22)11-9-18-8-4-5-10-20-18/h1-8,10H,9,11-16H2. The van der Waals surface area contributed by atoms with Gasteiger partial charge in [0.15, 0.2) is 0 Å². The molecule has 0 saturated carbocycles. The van der Waals surface area contributed by atoms with Crippen LogP contribution in [0.3, 0.4) is 0 Å². The molecule has 1 aliphatic heterocycles. The van der Waals surface area contributed by atoms with Crippen LogP contribution in [-0.4, -0.2) is 53.4 Å². The summed E-state index contributed by atoms with van der Waals surface area (Å²) in [7, 11) is 0. The molecule has 0 radical (unpaired) electrons. The molecule has 1 saturated heterocycles. The predicted octanol–water partition coefficient (Wildman–Crippen LogP) is 2.01. The zero-order chi connectivity index (χ0) is 15.9. The summed E-state index contributed by atoms with van der Waals surface area (Å²) in [6.07, 6.45) is 3.32. The lowest BCUT2D eigenvalue weighted by molar-refractivity contribution is -0.132. The number of piperazine rings is 1. The topological polar surface area (TPSA) is 36.4 Å². The van der Waals surface area contributed by atoms with Crippen molar-refractivity contribution in [3.63, 3.8) is 0 Å². The molecule has 0 atom stereocenters. The highest BCUT2D eigenvalue weighted by atomic mass is 16.2. The van der Waals surface area contributed by atoms with Gasteiger partial charge in [-0.2, -0.15) is 0 Å². The van der Waals surface area contributed by atoms with Crippen molar-refractivity contribution in [2.75, 3.05) is 32.7 Å². The molecular formula is C19H23N3O. The van der Waals surface area contributed by atoms with E-state index in [-0.39, 0.29) is 5.91 Å². The molecule has 0 spiro atoms. The third-order valence-corrected chi connectivity index (χ3v) is 4.33. The molecule has 0 unspecified atom stereocenters. The molecule has 2 heterocycles. The molecule has 2 aromatic rings. The zero-order valence-electron chi connectivity index (χ0n) is 13.4. The van der Waals surface area contributed by atoms with Crippen molar-refractivity contribution in [1.82, 2.24) is 14.8 Å². The molecule has 0 aliphatic carbocycles. The van der Waals surface area contributed by atoms with Crippen LogP contribution in [0.1, 0.15) is 11.3 Å². The van der Waals surface area contributed by atoms with Crippen LogP contribution in [0.2, 0.25) is 0 Å². The maximum Gasteiger partial charge on any atom is 0.227 e. The van der Waals surface area contributed by atoms with Crippen LogP contribution in [0, 0.1) is 0 Å². The molecule has 1 fully saturated rings. The van der Waals surface area contributed by atoms with Crippen LogP contribution in [0.15, 0.2) is 54.7 Å². The van der Waals surface area contributed by atoms with Crippen molar-refractivity contribution in [2.24, 2.45) is 0 Å². The monoisotopic (exact) mass is 309 g/mol. The van der Waals surface area contributed by atoms with Gasteiger partial charge in [0.2, 0.25) is 5.91 Å². The summed E-state index contributed by atoms with van der Waals surface area (Å²) in [4.78, 5) is 21.1. The summed E-state index contributed by atoms with van der Waals surface area (Å²) >= 11 is 0. The molecule has 4 heteroatoms. The summed E-state index contributed by atoms with van der Waals surface area (Å²) in [6.45, 7) is 4.57. The second-order valence-corrected chi connectivity index (χ2v) is 5.96. The van der Waals surface area contributed by atoms with E-state index in [1.165, 1.54) is 0 Å². The minimum absolute atomic E-state index is 0.237. The van der Waals surface area contributed by atoms with Crippen molar-refractivity contribution in [3.8, 4) is 0 Å². The van der Waals surface area contributed by atoms with Crippen molar-refractivity contribution >= 4 is 5.91 Å². The number of rotatable bonds is 5. The van der Waals surface area contributed by atoms with E-state index in [0.29, 0.717) is 6.42 Å². The van der Waals surface area contributed by atoms with Crippen molar-refractivity contribution < 1.29 is 4.79 Å². The van der Waals surface area contributed by atoms with E-state index in [0.717, 1.165) is 50.4 Å². The summed E-state index contributed by atoms with van der Waals surface area (Å²) in [5.41, 5.74) is 2.23. The van der Waals surface area contributed by atoms with Gasteiger partial charge in [-0.25, -0.2) is 0 Å². The zero-order valence-corrected chi connectivity index (χ0v) is 13.4. The van der Waals surface area contributed by atoms with E-state index >= 15 is 0 Å². The number of amides is 1. The smallest absolute Gasteiger partial charge is 0.227 e. The Bertz CT molecular complexity index is 607. The quantitative estimate of drug-likeness (QED) is 0.848. The maximum atomic E-state index is 12.4. The lowest BCUT2D eigenvalue weighted by Crippen LogP contribution is -2.49. The first kappa shape index (κ1) is 15.7. The minimum atomic E-state index is 0.237. The third kappa shape index (κ3) is 4.63. The summed E-state index contributed by atoms with van der Waals surface area (Å²) in [5, 5.41) is 0. The van der Waals surface area contributed by atoms with E-state index in [1.807, 2.05) is 53.6 Å². The molecule has 120 valence electrons. The number of benzene rings is 1. The summed E-state index contributed by atoms with van der Waals surface area (Å²) in [6, 6.07) is 16.0. The van der Waals surface area contributed by atoms with Crippen molar-refractivity contribution in [2.45, 2.75) is 12.8 Å². The second kappa shape index (κ2) is 7.88. The number of hydrogen-bond donors (Lipinski definition) is 0. The molecule has 23 heavy (non-hydrogen) atoms. The maximum absolute atomic E-state index is 12.4. The Morgan fingerprint density at radius 3 is 2.39 bits per heavy atom. The van der Waals surface area contributed by atoms with Gasteiger partial charge in [0, 0.05) is 51.0 Å². The number of aromatic nitrogens is 1. The molecule has 4 nitrogen and oxygen atoms in total. The van der Waals surface area contributed by atoms with E-state index in [2.05, 4.69) is 16.0 Å². The highest BCUT2D eigenvalue weighted by Crippen LogP contribution is 2.08. The highest BCUT2D eigenvalue weighted by Gasteiger charge is 2.20. The molecule has 1 aliphatic rings. The first-order chi connectivity index (χ1) is 11.3. The molecule has 0 bridgehead atoms. The average molecular weight is 309 g/mol. The summed E-state index contributed by atoms with van der Waals surface area (Å²) < 4.78 is 0. The fourth-order valence-corrected chi connectivity index (χ4v) is 2.92. The van der Waals surface area contributed by atoms with E-state index < -0.39 is 0 Å². The Balaban J connectivity index is 1.42. The molecule has 1 aromatic heterocycles. The fourth-order valence-electron chi connectivity index (χ4n) is 2.92. The van der Waals surface area contributed by atoms with Gasteiger partial charge < -0.3 is 4.90 Å². The Hall–Kier alpha value is -2.20. The van der Waals surface area contributed by atoms with Gasteiger partial charge in [0.05, 0.1) is 6.42 Å². The molecule has 3 rings (SSSR count). The SMILES string of the molecule is O=C(Cc1ccccc1)N1CCN(CCc2ccccn2)CC1. The molecule has 0 N–H and O–H groups in total. The van der Waals surface area contributed by atoms with Crippen LogP contribution in [0.25, 0.3) is 0 Å². The van der Waals surface area contributed by atoms with Gasteiger partial charge in [-0.1, -0.05) is 36.4 Å². The minimum Gasteiger partial charge on any atom is -0.340 e. The first-order valence-corrected chi connectivity index (χ1v) is 8.25. The average Bonchev–Trinajstić information content (AvgIpc) is 2.62. The van der Waals surface area contributed by atoms with Gasteiger partial charge in [0.1, 0.15) is 0 Å². The third-order valence-electron chi connectivity index (χ3n) is 4.33. The van der Waals surface area contributed by atoms with E-state index in [4.69, 9.17) is 0 Å². The summed E-state index contributed by atoms with van der Waals surface area (Å²) in [5.74, 6) is 0.237.